The van der Waals surface area contributed by atoms with Crippen molar-refractivity contribution in [2.45, 2.75) is 0 Å². The summed E-state index contributed by atoms with van der Waals surface area (Å²) in [7, 11) is 1.97. The van der Waals surface area contributed by atoms with Gasteiger partial charge in [-0.05, 0) is 17.5 Å². The fourth-order valence-corrected chi connectivity index (χ4v) is 1.50. The Morgan fingerprint density at radius 1 is 1.23 bits per heavy atom. The average Bonchev–Trinajstić information content (AvgIpc) is 2.18. The maximum Gasteiger partial charge on any atom is 0.329 e. The quantitative estimate of drug-likeness (QED) is 0.461. The van der Waals surface area contributed by atoms with Gasteiger partial charge in [0.1, 0.15) is 6.72 Å². The van der Waals surface area contributed by atoms with Gasteiger partial charge in [-0.25, -0.2) is 4.57 Å². The molecule has 0 N–H and O–H groups in total. The number of fused-ring (bicyclic) bond motifs is 1. The monoisotopic (exact) mass is 171 g/mol. The first kappa shape index (κ1) is 7.92. The summed E-state index contributed by atoms with van der Waals surface area (Å²) in [4.78, 5) is 4.01. The van der Waals surface area contributed by atoms with Crippen molar-refractivity contribution < 1.29 is 4.57 Å². The van der Waals surface area contributed by atoms with E-state index in [1.165, 1.54) is 5.39 Å². The van der Waals surface area contributed by atoms with Crippen LogP contribution in [0.25, 0.3) is 10.8 Å². The molecule has 0 saturated carbocycles. The minimum absolute atomic E-state index is 0.915. The molecular weight excluding hydrogens is 160 g/mol. The summed E-state index contributed by atoms with van der Waals surface area (Å²) in [5.74, 6) is 0.915. The summed E-state index contributed by atoms with van der Waals surface area (Å²) in [6.07, 6.45) is 1.99. The molecular formula is C11H11N2+. The van der Waals surface area contributed by atoms with E-state index in [0.29, 0.717) is 0 Å². The smallest absolute Gasteiger partial charge is 0.233 e. The van der Waals surface area contributed by atoms with Gasteiger partial charge in [-0.15, -0.1) is 0 Å². The lowest BCUT2D eigenvalue weighted by atomic mass is 10.1. The molecule has 0 spiro atoms. The number of pyridine rings is 1. The Labute approximate surface area is 77.2 Å². The van der Waals surface area contributed by atoms with Crippen LogP contribution in [0.1, 0.15) is 0 Å². The first-order valence-electron chi connectivity index (χ1n) is 4.17. The van der Waals surface area contributed by atoms with Crippen LogP contribution >= 0.6 is 0 Å². The SMILES string of the molecule is C=Nc1c2ccccc2cc[n+]1C. The number of aromatic nitrogens is 1. The molecule has 2 rings (SSSR count). The van der Waals surface area contributed by atoms with Crippen molar-refractivity contribution in [2.75, 3.05) is 0 Å². The fourth-order valence-electron chi connectivity index (χ4n) is 1.50. The normalized spacial score (nSPS) is 10.2. The van der Waals surface area contributed by atoms with Crippen LogP contribution in [-0.4, -0.2) is 6.72 Å². The first-order valence-corrected chi connectivity index (χ1v) is 4.17. The number of rotatable bonds is 1. The molecule has 0 bridgehead atoms. The van der Waals surface area contributed by atoms with Crippen molar-refractivity contribution in [3.05, 3.63) is 36.5 Å². The van der Waals surface area contributed by atoms with Crippen LogP contribution in [0.4, 0.5) is 5.82 Å². The molecule has 2 heteroatoms. The van der Waals surface area contributed by atoms with E-state index in [9.17, 15) is 0 Å². The van der Waals surface area contributed by atoms with Crippen molar-refractivity contribution >= 4 is 23.3 Å². The van der Waals surface area contributed by atoms with E-state index in [1.807, 2.05) is 29.9 Å². The Hall–Kier alpha value is -1.70. The van der Waals surface area contributed by atoms with E-state index >= 15 is 0 Å². The maximum atomic E-state index is 4.01. The second kappa shape index (κ2) is 2.98. The Kier molecular flexibility index (Phi) is 1.81. The Balaban J connectivity index is 2.91. The predicted octanol–water partition coefficient (Wildman–Crippen LogP) is 2.00. The van der Waals surface area contributed by atoms with Crippen molar-refractivity contribution in [3.8, 4) is 0 Å². The van der Waals surface area contributed by atoms with Crippen LogP contribution in [0.15, 0.2) is 41.5 Å². The minimum Gasteiger partial charge on any atom is -0.233 e. The number of benzene rings is 1. The van der Waals surface area contributed by atoms with E-state index in [4.69, 9.17) is 0 Å². The molecule has 13 heavy (non-hydrogen) atoms. The van der Waals surface area contributed by atoms with Gasteiger partial charge in [-0.1, -0.05) is 23.2 Å². The van der Waals surface area contributed by atoms with Gasteiger partial charge in [0.05, 0.1) is 18.6 Å². The van der Waals surface area contributed by atoms with Crippen LogP contribution in [0.2, 0.25) is 0 Å². The van der Waals surface area contributed by atoms with E-state index in [0.717, 1.165) is 11.2 Å². The maximum absolute atomic E-state index is 4.01. The standard InChI is InChI=1S/C11H11N2/c1-12-11-10-6-4-3-5-9(10)7-8-13(11)2/h3-8H,1H2,2H3/q+1. The van der Waals surface area contributed by atoms with Crippen molar-refractivity contribution in [3.63, 3.8) is 0 Å². The summed E-state index contributed by atoms with van der Waals surface area (Å²) in [5.41, 5.74) is 0. The second-order valence-electron chi connectivity index (χ2n) is 3.00. The molecule has 2 nitrogen and oxygen atoms in total. The van der Waals surface area contributed by atoms with Gasteiger partial charge in [0.15, 0.2) is 0 Å². The highest BCUT2D eigenvalue weighted by atomic mass is 15.0. The lowest BCUT2D eigenvalue weighted by Gasteiger charge is -1.98. The number of nitrogens with zero attached hydrogens (tertiary/aromatic N) is 2. The molecule has 0 aliphatic heterocycles. The molecule has 0 aliphatic rings. The lowest BCUT2D eigenvalue weighted by molar-refractivity contribution is -0.657. The van der Waals surface area contributed by atoms with Gasteiger partial charge in [0, 0.05) is 0 Å². The van der Waals surface area contributed by atoms with Crippen molar-refractivity contribution in [1.82, 2.24) is 0 Å². The Morgan fingerprint density at radius 3 is 2.77 bits per heavy atom. The summed E-state index contributed by atoms with van der Waals surface area (Å²) in [6, 6.07) is 10.2. The molecule has 0 saturated heterocycles. The molecule has 1 aromatic heterocycles. The Morgan fingerprint density at radius 2 is 2.00 bits per heavy atom. The van der Waals surface area contributed by atoms with Crippen LogP contribution in [0.3, 0.4) is 0 Å². The summed E-state index contributed by atoms with van der Waals surface area (Å²) >= 11 is 0. The zero-order chi connectivity index (χ0) is 9.26. The van der Waals surface area contributed by atoms with Crippen LogP contribution in [-0.2, 0) is 7.05 Å². The molecule has 0 aliphatic carbocycles. The molecule has 0 amide bonds. The molecule has 1 aromatic carbocycles. The third kappa shape index (κ3) is 1.20. The molecule has 0 atom stereocenters. The second-order valence-corrected chi connectivity index (χ2v) is 3.00. The minimum atomic E-state index is 0.915. The first-order chi connectivity index (χ1) is 6.33. The van der Waals surface area contributed by atoms with E-state index in [2.05, 4.69) is 29.9 Å². The highest BCUT2D eigenvalue weighted by molar-refractivity contribution is 5.89. The van der Waals surface area contributed by atoms with Gasteiger partial charge in [0.2, 0.25) is 0 Å². The van der Waals surface area contributed by atoms with Gasteiger partial charge in [0.25, 0.3) is 0 Å². The highest BCUT2D eigenvalue weighted by Crippen LogP contribution is 2.20. The van der Waals surface area contributed by atoms with E-state index in [1.54, 1.807) is 0 Å². The number of aryl methyl sites for hydroxylation is 1. The third-order valence-electron chi connectivity index (χ3n) is 2.16. The summed E-state index contributed by atoms with van der Waals surface area (Å²) < 4.78 is 1.97. The molecule has 1 heterocycles. The van der Waals surface area contributed by atoms with Gasteiger partial charge in [-0.2, -0.15) is 0 Å². The van der Waals surface area contributed by atoms with E-state index < -0.39 is 0 Å². The molecule has 0 radical (unpaired) electrons. The number of aliphatic imine (C=N–C) groups is 1. The van der Waals surface area contributed by atoms with Crippen molar-refractivity contribution in [2.24, 2.45) is 12.0 Å². The summed E-state index contributed by atoms with van der Waals surface area (Å²) in [5, 5.41) is 2.34. The number of hydrogen-bond donors (Lipinski definition) is 0. The van der Waals surface area contributed by atoms with Gasteiger partial charge >= 0.3 is 5.82 Å². The van der Waals surface area contributed by atoms with Crippen molar-refractivity contribution in [1.29, 1.82) is 0 Å². The molecule has 64 valence electrons. The van der Waals surface area contributed by atoms with Crippen LogP contribution in [0, 0.1) is 0 Å². The third-order valence-corrected chi connectivity index (χ3v) is 2.16. The topological polar surface area (TPSA) is 16.2 Å². The predicted molar refractivity (Wildman–Crippen MR) is 54.3 cm³/mol. The largest absolute Gasteiger partial charge is 0.329 e. The van der Waals surface area contributed by atoms with E-state index in [-0.39, 0.29) is 0 Å². The van der Waals surface area contributed by atoms with Gasteiger partial charge < -0.3 is 0 Å². The zero-order valence-corrected chi connectivity index (χ0v) is 7.57. The molecule has 2 aromatic rings. The lowest BCUT2D eigenvalue weighted by Crippen LogP contribution is -2.27. The highest BCUT2D eigenvalue weighted by Gasteiger charge is 2.08. The van der Waals surface area contributed by atoms with Crippen LogP contribution < -0.4 is 4.57 Å². The number of hydrogen-bond acceptors (Lipinski definition) is 1. The summed E-state index contributed by atoms with van der Waals surface area (Å²) in [6.45, 7) is 3.57. The fraction of sp³-hybridized carbons (Fsp3) is 0.0909. The molecule has 0 unspecified atom stereocenters. The molecule has 0 fully saturated rings. The van der Waals surface area contributed by atoms with Crippen LogP contribution in [0.5, 0.6) is 0 Å². The van der Waals surface area contributed by atoms with Gasteiger partial charge in [-0.3, -0.25) is 0 Å². The zero-order valence-electron chi connectivity index (χ0n) is 7.57. The average molecular weight is 171 g/mol. The Bertz CT molecular complexity index is 461.